The van der Waals surface area contributed by atoms with Crippen molar-refractivity contribution in [2.75, 3.05) is 26.5 Å². The number of allylic oxidation sites excluding steroid dienone is 4. The predicted octanol–water partition coefficient (Wildman–Crippen LogP) is 6.82. The molecule has 6 heteroatoms. The number of hydrogen-bond acceptors (Lipinski definition) is 5. The highest BCUT2D eigenvalue weighted by Crippen LogP contribution is 2.33. The summed E-state index contributed by atoms with van der Waals surface area (Å²) in [6.45, 7) is 10.4. The number of fused-ring (bicyclic) bond motifs is 1. The molecule has 3 aromatic heterocycles. The van der Waals surface area contributed by atoms with E-state index >= 15 is 0 Å². The van der Waals surface area contributed by atoms with Crippen molar-refractivity contribution in [3.63, 3.8) is 0 Å². The van der Waals surface area contributed by atoms with E-state index in [0.717, 1.165) is 61.6 Å². The number of likely N-dealkylation sites (N-methyl/N-ethyl adjacent to an activating group) is 1. The minimum absolute atomic E-state index is 0.728. The topological polar surface area (TPSA) is 56.8 Å². The van der Waals surface area contributed by atoms with Crippen molar-refractivity contribution < 1.29 is 0 Å². The minimum Gasteiger partial charge on any atom is -0.388 e. The molecule has 0 unspecified atom stereocenters. The molecule has 4 rings (SSSR count). The third-order valence-corrected chi connectivity index (χ3v) is 6.48. The van der Waals surface area contributed by atoms with Crippen molar-refractivity contribution in [1.82, 2.24) is 19.9 Å². The second kappa shape index (κ2) is 9.93. The van der Waals surface area contributed by atoms with Gasteiger partial charge >= 0.3 is 0 Å². The van der Waals surface area contributed by atoms with Crippen molar-refractivity contribution in [3.8, 4) is 11.1 Å². The lowest BCUT2D eigenvalue weighted by Gasteiger charge is -2.16. The Labute approximate surface area is 204 Å². The van der Waals surface area contributed by atoms with Crippen LogP contribution >= 0.6 is 11.3 Å². The number of aromatic nitrogens is 3. The third kappa shape index (κ3) is 4.45. The fraction of sp³-hybridized carbons (Fsp3) is 0.143. The van der Waals surface area contributed by atoms with Gasteiger partial charge in [0.15, 0.2) is 0 Å². The molecule has 0 atom stereocenters. The molecule has 0 bridgehead atoms. The van der Waals surface area contributed by atoms with Crippen LogP contribution in [0.25, 0.3) is 33.3 Å². The minimum atomic E-state index is 0.728. The summed E-state index contributed by atoms with van der Waals surface area (Å²) in [4.78, 5) is 14.8. The van der Waals surface area contributed by atoms with E-state index in [9.17, 15) is 0 Å². The van der Waals surface area contributed by atoms with E-state index in [4.69, 9.17) is 4.98 Å². The van der Waals surface area contributed by atoms with Crippen LogP contribution in [0.1, 0.15) is 23.9 Å². The number of thiophene rings is 1. The summed E-state index contributed by atoms with van der Waals surface area (Å²) >= 11 is 1.66. The number of anilines is 1. The van der Waals surface area contributed by atoms with Gasteiger partial charge in [0.05, 0.1) is 17.2 Å². The number of H-pyrrole nitrogens is 1. The van der Waals surface area contributed by atoms with Crippen LogP contribution in [-0.4, -0.2) is 41.0 Å². The number of pyridine rings is 1. The number of benzene rings is 1. The molecule has 2 N–H and O–H groups in total. The lowest BCUT2D eigenvalue weighted by molar-refractivity contribution is 0.530. The van der Waals surface area contributed by atoms with E-state index in [1.165, 1.54) is 0 Å². The van der Waals surface area contributed by atoms with Gasteiger partial charge in [-0.25, -0.2) is 4.98 Å². The van der Waals surface area contributed by atoms with Crippen LogP contribution in [0, 0.1) is 0 Å². The number of imidazole rings is 1. The summed E-state index contributed by atoms with van der Waals surface area (Å²) in [6, 6.07) is 8.44. The van der Waals surface area contributed by atoms with Gasteiger partial charge in [-0.05, 0) is 64.7 Å². The summed E-state index contributed by atoms with van der Waals surface area (Å²) in [5.41, 5.74) is 9.94. The van der Waals surface area contributed by atoms with Crippen LogP contribution in [0.4, 0.5) is 5.69 Å². The molecule has 1 aromatic carbocycles. The zero-order valence-electron chi connectivity index (χ0n) is 20.0. The highest BCUT2D eigenvalue weighted by Gasteiger charge is 2.16. The van der Waals surface area contributed by atoms with Crippen molar-refractivity contribution >= 4 is 39.2 Å². The standard InChI is InChI=1S/C28H29N5S/c1-7-19(13-22(8-2)33(5)6)20-9-10-25(29-4)23(14-20)18(3)28-31-26-16-30-15-24(27(26)32-28)21-11-12-34-17-21/h7-17,29H,2-3H2,1,4-6H3,(H,31,32)/b19-7+,22-13+. The average Bonchev–Trinajstić information content (AvgIpc) is 3.54. The Morgan fingerprint density at radius 3 is 2.68 bits per heavy atom. The Balaban J connectivity index is 1.79. The molecule has 0 amide bonds. The Bertz CT molecular complexity index is 1400. The number of nitrogens with zero attached hydrogens (tertiary/aromatic N) is 3. The molecule has 0 fully saturated rings. The van der Waals surface area contributed by atoms with E-state index in [2.05, 4.69) is 75.6 Å². The maximum Gasteiger partial charge on any atom is 0.138 e. The average molecular weight is 468 g/mol. The van der Waals surface area contributed by atoms with Gasteiger partial charge in [0.1, 0.15) is 5.82 Å². The second-order valence-electron chi connectivity index (χ2n) is 8.08. The van der Waals surface area contributed by atoms with Crippen LogP contribution < -0.4 is 5.32 Å². The summed E-state index contributed by atoms with van der Waals surface area (Å²) in [5, 5.41) is 7.47. The second-order valence-corrected chi connectivity index (χ2v) is 8.86. The molecule has 3 heterocycles. The monoisotopic (exact) mass is 467 g/mol. The molecule has 0 saturated carbocycles. The quantitative estimate of drug-likeness (QED) is 0.279. The summed E-state index contributed by atoms with van der Waals surface area (Å²) in [5.74, 6) is 0.728. The Hall–Kier alpha value is -3.90. The Morgan fingerprint density at radius 2 is 2.03 bits per heavy atom. The van der Waals surface area contributed by atoms with Gasteiger partial charge in [0, 0.05) is 55.4 Å². The molecule has 0 aliphatic carbocycles. The van der Waals surface area contributed by atoms with E-state index in [1.807, 2.05) is 51.4 Å². The van der Waals surface area contributed by atoms with Crippen LogP contribution in [0.5, 0.6) is 0 Å². The first kappa shape index (κ1) is 23.3. The first-order valence-corrected chi connectivity index (χ1v) is 12.0. The largest absolute Gasteiger partial charge is 0.388 e. The fourth-order valence-electron chi connectivity index (χ4n) is 3.89. The van der Waals surface area contributed by atoms with Crippen LogP contribution in [0.3, 0.4) is 0 Å². The first-order chi connectivity index (χ1) is 16.5. The lowest BCUT2D eigenvalue weighted by Crippen LogP contribution is -2.09. The van der Waals surface area contributed by atoms with E-state index in [1.54, 1.807) is 11.3 Å². The molecule has 0 aliphatic rings. The van der Waals surface area contributed by atoms with Gasteiger partial charge < -0.3 is 15.2 Å². The zero-order valence-corrected chi connectivity index (χ0v) is 20.8. The normalized spacial score (nSPS) is 12.1. The Kier molecular flexibility index (Phi) is 6.80. The molecule has 5 nitrogen and oxygen atoms in total. The summed E-state index contributed by atoms with van der Waals surface area (Å²) in [6.07, 6.45) is 9.77. The van der Waals surface area contributed by atoms with Crippen LogP contribution in [0.15, 0.2) is 84.5 Å². The molecule has 4 aromatic rings. The van der Waals surface area contributed by atoms with Crippen LogP contribution in [-0.2, 0) is 0 Å². The van der Waals surface area contributed by atoms with Crippen molar-refractivity contribution in [3.05, 3.63) is 101 Å². The predicted molar refractivity (Wildman–Crippen MR) is 147 cm³/mol. The van der Waals surface area contributed by atoms with Crippen LogP contribution in [0.2, 0.25) is 0 Å². The summed E-state index contributed by atoms with van der Waals surface area (Å²) in [7, 11) is 5.94. The third-order valence-electron chi connectivity index (χ3n) is 5.80. The first-order valence-electron chi connectivity index (χ1n) is 11.0. The van der Waals surface area contributed by atoms with Crippen molar-refractivity contribution in [1.29, 1.82) is 0 Å². The smallest absolute Gasteiger partial charge is 0.138 e. The highest BCUT2D eigenvalue weighted by molar-refractivity contribution is 7.08. The van der Waals surface area contributed by atoms with E-state index in [-0.39, 0.29) is 0 Å². The van der Waals surface area contributed by atoms with Gasteiger partial charge in [-0.2, -0.15) is 11.3 Å². The Morgan fingerprint density at radius 1 is 1.21 bits per heavy atom. The maximum absolute atomic E-state index is 4.94. The van der Waals surface area contributed by atoms with Gasteiger partial charge in [0.25, 0.3) is 0 Å². The lowest BCUT2D eigenvalue weighted by atomic mass is 9.96. The highest BCUT2D eigenvalue weighted by atomic mass is 32.1. The number of hydrogen-bond donors (Lipinski definition) is 2. The van der Waals surface area contributed by atoms with Gasteiger partial charge in [-0.15, -0.1) is 0 Å². The zero-order chi connectivity index (χ0) is 24.2. The van der Waals surface area contributed by atoms with E-state index < -0.39 is 0 Å². The molecular weight excluding hydrogens is 438 g/mol. The number of nitrogens with one attached hydrogen (secondary N) is 2. The number of aromatic amines is 1. The molecule has 34 heavy (non-hydrogen) atoms. The van der Waals surface area contributed by atoms with E-state index in [0.29, 0.717) is 0 Å². The molecular formula is C28H29N5S. The van der Waals surface area contributed by atoms with Gasteiger partial charge in [0.2, 0.25) is 0 Å². The molecule has 0 aliphatic heterocycles. The van der Waals surface area contributed by atoms with Crippen molar-refractivity contribution in [2.24, 2.45) is 0 Å². The maximum atomic E-state index is 4.94. The van der Waals surface area contributed by atoms with Gasteiger partial charge in [-0.1, -0.05) is 25.3 Å². The molecule has 0 saturated heterocycles. The fourth-order valence-corrected chi connectivity index (χ4v) is 4.54. The molecule has 172 valence electrons. The number of rotatable bonds is 8. The van der Waals surface area contributed by atoms with Crippen molar-refractivity contribution in [2.45, 2.75) is 6.92 Å². The molecule has 0 radical (unpaired) electrons. The molecule has 0 spiro atoms. The summed E-state index contributed by atoms with van der Waals surface area (Å²) < 4.78 is 0. The SMILES string of the molecule is C=C/C(=C\C(=C/C)c1ccc(NC)c(C(=C)c2nc3c(-c4ccsc4)cncc3[nH]2)c1)N(C)C. The van der Waals surface area contributed by atoms with Gasteiger partial charge in [-0.3, -0.25) is 4.98 Å².